The van der Waals surface area contributed by atoms with Crippen LogP contribution in [0.3, 0.4) is 0 Å². The first kappa shape index (κ1) is 13.1. The summed E-state index contributed by atoms with van der Waals surface area (Å²) in [6.07, 6.45) is 3.94. The van der Waals surface area contributed by atoms with Gasteiger partial charge in [-0.25, -0.2) is 4.98 Å². The Balaban J connectivity index is 1.83. The first-order valence-corrected chi connectivity index (χ1v) is 8.40. The van der Waals surface area contributed by atoms with E-state index in [2.05, 4.69) is 58.4 Å². The lowest BCUT2D eigenvalue weighted by atomic mass is 10.2. The van der Waals surface area contributed by atoms with Crippen LogP contribution in [0.5, 0.6) is 0 Å². The highest BCUT2D eigenvalue weighted by atomic mass is 32.2. The van der Waals surface area contributed by atoms with Crippen molar-refractivity contribution in [1.29, 1.82) is 0 Å². The van der Waals surface area contributed by atoms with Gasteiger partial charge in [-0.05, 0) is 5.92 Å². The average molecular weight is 271 g/mol. The maximum Gasteiger partial charge on any atom is 0.202 e. The Morgan fingerprint density at radius 3 is 3.12 bits per heavy atom. The third-order valence-corrected chi connectivity index (χ3v) is 5.49. The predicted molar refractivity (Wildman–Crippen MR) is 79.1 cm³/mol. The lowest BCUT2D eigenvalue weighted by molar-refractivity contribution is 0.526. The van der Waals surface area contributed by atoms with Gasteiger partial charge in [0.05, 0.1) is 0 Å². The predicted octanol–water partition coefficient (Wildman–Crippen LogP) is 2.80. The monoisotopic (exact) mass is 271 g/mol. The molecule has 1 fully saturated rings. The van der Waals surface area contributed by atoms with Crippen LogP contribution in [0.1, 0.15) is 13.8 Å². The number of rotatable bonds is 5. The van der Waals surface area contributed by atoms with Crippen LogP contribution >= 0.6 is 23.5 Å². The summed E-state index contributed by atoms with van der Waals surface area (Å²) in [7, 11) is 0. The lowest BCUT2D eigenvalue weighted by Crippen LogP contribution is -2.24. The van der Waals surface area contributed by atoms with E-state index in [0.29, 0.717) is 5.92 Å². The van der Waals surface area contributed by atoms with Crippen molar-refractivity contribution in [2.24, 2.45) is 5.92 Å². The van der Waals surface area contributed by atoms with Gasteiger partial charge in [0.25, 0.3) is 0 Å². The first-order valence-electron chi connectivity index (χ1n) is 6.20. The summed E-state index contributed by atoms with van der Waals surface area (Å²) in [6, 6.07) is 0. The minimum Gasteiger partial charge on any atom is -0.355 e. The van der Waals surface area contributed by atoms with Crippen LogP contribution in [-0.2, 0) is 6.54 Å². The third-order valence-electron chi connectivity index (χ3n) is 2.65. The summed E-state index contributed by atoms with van der Waals surface area (Å²) in [5.41, 5.74) is 0. The summed E-state index contributed by atoms with van der Waals surface area (Å²) < 4.78 is 2.21. The minimum atomic E-state index is 0.657. The van der Waals surface area contributed by atoms with E-state index >= 15 is 0 Å². The molecule has 1 aliphatic heterocycles. The summed E-state index contributed by atoms with van der Waals surface area (Å²) in [5.74, 6) is 5.54. The molecule has 2 rings (SSSR count). The van der Waals surface area contributed by atoms with Crippen LogP contribution in [0.15, 0.2) is 12.4 Å². The second-order valence-corrected chi connectivity index (χ2v) is 7.30. The molecular formula is C12H21N3S2. The quantitative estimate of drug-likeness (QED) is 0.892. The molecule has 5 heteroatoms. The van der Waals surface area contributed by atoms with Crippen LogP contribution in [0.4, 0.5) is 5.95 Å². The number of aromatic nitrogens is 2. The van der Waals surface area contributed by atoms with Crippen molar-refractivity contribution in [3.05, 3.63) is 12.4 Å². The van der Waals surface area contributed by atoms with Crippen molar-refractivity contribution in [2.45, 2.75) is 25.6 Å². The molecule has 1 saturated heterocycles. The summed E-state index contributed by atoms with van der Waals surface area (Å²) in [6.45, 7) is 6.54. The van der Waals surface area contributed by atoms with Gasteiger partial charge in [0.1, 0.15) is 0 Å². The zero-order valence-corrected chi connectivity index (χ0v) is 12.2. The van der Waals surface area contributed by atoms with E-state index in [4.69, 9.17) is 0 Å². The molecule has 0 bridgehead atoms. The Kier molecular flexibility index (Phi) is 5.10. The summed E-state index contributed by atoms with van der Waals surface area (Å²) in [5, 5.41) is 4.22. The zero-order valence-electron chi connectivity index (χ0n) is 10.6. The molecule has 96 valence electrons. The molecule has 0 radical (unpaired) electrons. The number of thioether (sulfide) groups is 2. The molecule has 1 aliphatic rings. The van der Waals surface area contributed by atoms with Crippen LogP contribution < -0.4 is 5.32 Å². The maximum atomic E-state index is 4.39. The normalized spacial score (nSPS) is 20.8. The van der Waals surface area contributed by atoms with Crippen LogP contribution in [0, 0.1) is 5.92 Å². The van der Waals surface area contributed by atoms with Gasteiger partial charge in [0.15, 0.2) is 0 Å². The molecule has 0 spiro atoms. The van der Waals surface area contributed by atoms with Gasteiger partial charge in [0.2, 0.25) is 5.95 Å². The van der Waals surface area contributed by atoms with Crippen molar-refractivity contribution in [1.82, 2.24) is 9.55 Å². The van der Waals surface area contributed by atoms with Crippen molar-refractivity contribution >= 4 is 29.5 Å². The number of hydrogen-bond acceptors (Lipinski definition) is 4. The molecule has 1 atom stereocenters. The lowest BCUT2D eigenvalue weighted by Gasteiger charge is -2.21. The van der Waals surface area contributed by atoms with Crippen molar-refractivity contribution in [3.8, 4) is 0 Å². The van der Waals surface area contributed by atoms with Gasteiger partial charge in [-0.1, -0.05) is 13.8 Å². The first-order chi connectivity index (χ1) is 8.25. The molecule has 0 saturated carbocycles. The maximum absolute atomic E-state index is 4.39. The molecule has 0 aliphatic carbocycles. The summed E-state index contributed by atoms with van der Waals surface area (Å²) in [4.78, 5) is 4.39. The fourth-order valence-electron chi connectivity index (χ4n) is 1.88. The molecule has 1 aromatic heterocycles. The van der Waals surface area contributed by atoms with Crippen molar-refractivity contribution in [3.63, 3.8) is 0 Å². The minimum absolute atomic E-state index is 0.657. The fraction of sp³-hybridized carbons (Fsp3) is 0.750. The van der Waals surface area contributed by atoms with E-state index in [9.17, 15) is 0 Å². The van der Waals surface area contributed by atoms with Gasteiger partial charge in [-0.2, -0.15) is 23.5 Å². The Morgan fingerprint density at radius 1 is 1.53 bits per heavy atom. The number of anilines is 1. The van der Waals surface area contributed by atoms with E-state index in [1.54, 1.807) is 0 Å². The third kappa shape index (κ3) is 4.14. The number of nitrogens with one attached hydrogen (secondary N) is 1. The molecule has 1 N–H and O–H groups in total. The van der Waals surface area contributed by atoms with Gasteiger partial charge in [0, 0.05) is 48.0 Å². The molecule has 17 heavy (non-hydrogen) atoms. The number of hydrogen-bond donors (Lipinski definition) is 1. The SMILES string of the molecule is CC(C)Cn1ccnc1NCC1CSCCS1. The van der Waals surface area contributed by atoms with E-state index < -0.39 is 0 Å². The average Bonchev–Trinajstić information content (AvgIpc) is 2.74. The Bertz CT molecular complexity index is 332. The van der Waals surface area contributed by atoms with Gasteiger partial charge in [-0.15, -0.1) is 0 Å². The van der Waals surface area contributed by atoms with Gasteiger partial charge in [-0.3, -0.25) is 0 Å². The van der Waals surface area contributed by atoms with Crippen LogP contribution in [0.25, 0.3) is 0 Å². The van der Waals surface area contributed by atoms with E-state index in [1.165, 1.54) is 17.3 Å². The van der Waals surface area contributed by atoms with E-state index in [0.717, 1.165) is 24.3 Å². The molecular weight excluding hydrogens is 250 g/mol. The van der Waals surface area contributed by atoms with E-state index in [1.807, 2.05) is 6.20 Å². The highest BCUT2D eigenvalue weighted by molar-refractivity contribution is 8.06. The molecule has 1 unspecified atom stereocenters. The van der Waals surface area contributed by atoms with Crippen LogP contribution in [-0.4, -0.2) is 38.6 Å². The van der Waals surface area contributed by atoms with Crippen molar-refractivity contribution < 1.29 is 0 Å². The fourth-order valence-corrected chi connectivity index (χ4v) is 4.49. The Morgan fingerprint density at radius 2 is 2.41 bits per heavy atom. The summed E-state index contributed by atoms with van der Waals surface area (Å²) >= 11 is 4.15. The standard InChI is InChI=1S/C12H21N3S2/c1-10(2)8-15-4-3-13-12(15)14-7-11-9-16-5-6-17-11/h3-4,10-11H,5-9H2,1-2H3,(H,13,14). The number of nitrogens with zero attached hydrogens (tertiary/aromatic N) is 2. The molecule has 3 nitrogen and oxygen atoms in total. The largest absolute Gasteiger partial charge is 0.355 e. The molecule has 0 aromatic carbocycles. The number of imidazole rings is 1. The smallest absolute Gasteiger partial charge is 0.202 e. The topological polar surface area (TPSA) is 29.9 Å². The Labute approximate surface area is 112 Å². The van der Waals surface area contributed by atoms with Crippen molar-refractivity contribution in [2.75, 3.05) is 29.1 Å². The Hall–Kier alpha value is -0.290. The highest BCUT2D eigenvalue weighted by Crippen LogP contribution is 2.24. The van der Waals surface area contributed by atoms with Gasteiger partial charge >= 0.3 is 0 Å². The second kappa shape index (κ2) is 6.59. The molecule has 2 heterocycles. The molecule has 0 amide bonds. The second-order valence-electron chi connectivity index (χ2n) is 4.75. The van der Waals surface area contributed by atoms with Gasteiger partial charge < -0.3 is 9.88 Å². The van der Waals surface area contributed by atoms with E-state index in [-0.39, 0.29) is 0 Å². The highest BCUT2D eigenvalue weighted by Gasteiger charge is 2.14. The molecule has 1 aromatic rings. The zero-order chi connectivity index (χ0) is 12.1. The van der Waals surface area contributed by atoms with Crippen LogP contribution in [0.2, 0.25) is 0 Å².